The van der Waals surface area contributed by atoms with Crippen molar-refractivity contribution in [3.8, 4) is 11.4 Å². The smallest absolute Gasteiger partial charge is 0.343 e. The maximum absolute atomic E-state index is 15.6. The van der Waals surface area contributed by atoms with Crippen LogP contribution < -0.4 is 42.8 Å². The van der Waals surface area contributed by atoms with Crippen LogP contribution in [0.25, 0.3) is 22.3 Å². The minimum atomic E-state index is -2.09. The number of aliphatic hydroxyl groups is 1. The van der Waals surface area contributed by atoms with E-state index < -0.39 is 140 Å². The van der Waals surface area contributed by atoms with Crippen LogP contribution in [0.4, 0.5) is 4.39 Å². The third kappa shape index (κ3) is 12.6. The lowest BCUT2D eigenvalue weighted by atomic mass is 9.81. The molecule has 4 aliphatic rings. The molecule has 3 aromatic carbocycles. The van der Waals surface area contributed by atoms with Crippen LogP contribution in [-0.4, -0.2) is 142 Å². The summed E-state index contributed by atoms with van der Waals surface area (Å²) in [6, 6.07) is 16.9. The van der Waals surface area contributed by atoms with E-state index in [-0.39, 0.29) is 49.1 Å². The van der Waals surface area contributed by atoms with Gasteiger partial charge in [-0.15, -0.1) is 0 Å². The van der Waals surface area contributed by atoms with Gasteiger partial charge in [-0.05, 0) is 60.1 Å². The Morgan fingerprint density at radius 1 is 0.798 bits per heavy atom. The number of aliphatic carboxylic acids is 1. The molecule has 3 aliphatic heterocycles. The number of aryl methyl sites for hydroxylation is 1. The van der Waals surface area contributed by atoms with E-state index in [1.54, 1.807) is 80.6 Å². The van der Waals surface area contributed by atoms with E-state index in [0.29, 0.717) is 62.3 Å². The number of carbonyl (C=O) groups is 10. The van der Waals surface area contributed by atoms with Crippen molar-refractivity contribution in [3.63, 3.8) is 0 Å². The molecule has 84 heavy (non-hydrogen) atoms. The van der Waals surface area contributed by atoms with Gasteiger partial charge < -0.3 is 61.5 Å². The zero-order chi connectivity index (χ0) is 60.0. The number of benzene rings is 3. The maximum Gasteiger partial charge on any atom is 0.343 e. The van der Waals surface area contributed by atoms with Gasteiger partial charge in [0.1, 0.15) is 37.3 Å². The molecule has 9 rings (SSSR count). The Balaban J connectivity index is 0.838. The number of amides is 8. The second kappa shape index (κ2) is 25.3. The van der Waals surface area contributed by atoms with Crippen LogP contribution in [0.2, 0.25) is 0 Å². The molecule has 25 nitrogen and oxygen atoms in total. The number of carboxylic acids is 1. The molecule has 26 heteroatoms. The summed E-state index contributed by atoms with van der Waals surface area (Å²) < 4.78 is 28.4. The molecule has 0 unspecified atom stereocenters. The average molecular weight is 1160 g/mol. The highest BCUT2D eigenvalue weighted by Crippen LogP contribution is 2.46. The lowest BCUT2D eigenvalue weighted by Crippen LogP contribution is -2.56. The van der Waals surface area contributed by atoms with Crippen LogP contribution in [-0.2, 0) is 95.4 Å². The highest BCUT2D eigenvalue weighted by Gasteiger charge is 2.46. The molecule has 438 valence electrons. The van der Waals surface area contributed by atoms with Crippen molar-refractivity contribution >= 4 is 70.1 Å². The van der Waals surface area contributed by atoms with Crippen LogP contribution in [0, 0.1) is 12.7 Å². The Bertz CT molecular complexity index is 3600. The van der Waals surface area contributed by atoms with Crippen molar-refractivity contribution in [2.45, 2.75) is 88.9 Å². The van der Waals surface area contributed by atoms with Crippen LogP contribution in [0.3, 0.4) is 0 Å². The Morgan fingerprint density at radius 3 is 2.11 bits per heavy atom. The molecule has 0 saturated carbocycles. The van der Waals surface area contributed by atoms with Crippen LogP contribution in [0.15, 0.2) is 89.7 Å². The van der Waals surface area contributed by atoms with Gasteiger partial charge >= 0.3 is 11.9 Å². The molecule has 0 spiro atoms. The molecule has 0 radical (unpaired) electrons. The van der Waals surface area contributed by atoms with Crippen LogP contribution >= 0.6 is 0 Å². The van der Waals surface area contributed by atoms with Gasteiger partial charge in [0, 0.05) is 54.1 Å². The van der Waals surface area contributed by atoms with E-state index in [0.717, 1.165) is 17.7 Å². The quantitative estimate of drug-likeness (QED) is 0.0207. The Labute approximate surface area is 477 Å². The van der Waals surface area contributed by atoms with Crippen molar-refractivity contribution in [2.75, 3.05) is 39.5 Å². The van der Waals surface area contributed by atoms with Crippen molar-refractivity contribution in [2.24, 2.45) is 0 Å². The van der Waals surface area contributed by atoms with E-state index in [4.69, 9.17) is 19.6 Å². The van der Waals surface area contributed by atoms with E-state index >= 15 is 4.39 Å². The number of pyridine rings is 2. The first-order valence-corrected chi connectivity index (χ1v) is 26.9. The second-order valence-electron chi connectivity index (χ2n) is 20.4. The number of esters is 1. The molecule has 1 aliphatic carbocycles. The Kier molecular flexibility index (Phi) is 17.8. The summed E-state index contributed by atoms with van der Waals surface area (Å²) in [5.74, 6) is -9.06. The van der Waals surface area contributed by atoms with Gasteiger partial charge in [0.05, 0.1) is 61.2 Å². The summed E-state index contributed by atoms with van der Waals surface area (Å²) in [6.45, 7) is -0.611. The normalized spacial score (nSPS) is 17.5. The predicted octanol–water partition coefficient (Wildman–Crippen LogP) is -0.624. The number of hydrogen-bond acceptors (Lipinski definition) is 16. The number of ether oxygens (including phenoxy) is 2. The molecule has 5 heterocycles. The summed E-state index contributed by atoms with van der Waals surface area (Å²) in [5.41, 5.74) is 2.22. The van der Waals surface area contributed by atoms with Crippen molar-refractivity contribution in [1.82, 2.24) is 51.7 Å². The fraction of sp³-hybridized carbons (Fsp3) is 0.345. The number of halogens is 1. The number of carboxylic acid groups (broad SMARTS) is 1. The van der Waals surface area contributed by atoms with E-state index in [1.807, 2.05) is 0 Å². The number of cyclic esters (lactones) is 1. The Morgan fingerprint density at radius 2 is 1.44 bits per heavy atom. The van der Waals surface area contributed by atoms with Crippen molar-refractivity contribution in [1.29, 1.82) is 0 Å². The second-order valence-corrected chi connectivity index (χ2v) is 20.4. The maximum atomic E-state index is 15.6. The minimum absolute atomic E-state index is 0.0125. The SMILES string of the molecule is CC[C@@]1(O)C(=O)OCc2c1cc1n(c2=O)Cc2c-1nc1cc(F)c(C)c3c1c2[C@@H](NC(=O)[C@H](Cc1ccccc1)OCNC(=O)CNC(=O)[C@H](Cc1ccccc1)NC(=O)CNC(=O)CNC(=O)[C@H](CNCC(=O)O)N1C(=O)C=CC1=O)CC3. The highest BCUT2D eigenvalue weighted by molar-refractivity contribution is 6.15. The molecule has 0 bridgehead atoms. The molecule has 0 saturated heterocycles. The van der Waals surface area contributed by atoms with Crippen molar-refractivity contribution < 1.29 is 72.0 Å². The van der Waals surface area contributed by atoms with Gasteiger partial charge in [-0.1, -0.05) is 67.6 Å². The molecular formula is C58H59FN10O15. The van der Waals surface area contributed by atoms with Crippen molar-refractivity contribution in [3.05, 3.63) is 146 Å². The molecule has 9 N–H and O–H groups in total. The first-order valence-electron chi connectivity index (χ1n) is 26.9. The summed E-state index contributed by atoms with van der Waals surface area (Å²) in [6.07, 6.45) is 1.25. The largest absolute Gasteiger partial charge is 0.480 e. The number of nitrogens with one attached hydrogen (secondary N) is 7. The van der Waals surface area contributed by atoms with Gasteiger partial charge in [0.2, 0.25) is 35.4 Å². The van der Waals surface area contributed by atoms with Gasteiger partial charge in [-0.2, -0.15) is 0 Å². The zero-order valence-electron chi connectivity index (χ0n) is 45.5. The number of carbonyl (C=O) groups excluding carboxylic acids is 9. The Hall–Kier alpha value is -9.53. The summed E-state index contributed by atoms with van der Waals surface area (Å²) >= 11 is 0. The number of fused-ring (bicyclic) bond motifs is 5. The van der Waals surface area contributed by atoms with Crippen LogP contribution in [0.1, 0.15) is 70.3 Å². The standard InChI is InChI=1S/C58H59FN10O15/c1-3-58(82)36-20-41-52-34(27-68(41)56(80)35(36)28-83-57(58)81)51-38(15-14-33-30(2)37(59)21-39(66-52)50(33)51)67-55(79)43(19-32-12-8-5-9-13-32)84-29-64-45(71)24-62-53(77)40(18-31-10-6-4-7-11-31)65-46(72)25-61-44(70)23-63-54(78)42(22-60-26-49(75)76)69-47(73)16-17-48(69)74/h4-13,16-17,20-21,38,40,42-43,60,82H,3,14-15,18-19,22-29H2,1-2H3,(H,61,70)(H,62,77)(H,63,78)(H,64,71)(H,65,72)(H,67,79)(H,75,76)/t38-,40-,42-,43-,58-/m0/s1. The van der Waals surface area contributed by atoms with Gasteiger partial charge in [0.25, 0.3) is 17.4 Å². The molecule has 8 amide bonds. The number of nitrogens with zero attached hydrogens (tertiary/aromatic N) is 3. The molecule has 0 fully saturated rings. The first-order chi connectivity index (χ1) is 40.3. The summed E-state index contributed by atoms with van der Waals surface area (Å²) in [7, 11) is 0. The monoisotopic (exact) mass is 1150 g/mol. The fourth-order valence-electron chi connectivity index (χ4n) is 10.8. The lowest BCUT2D eigenvalue weighted by molar-refractivity contribution is -0.172. The van der Waals surface area contributed by atoms with Gasteiger partial charge in [-0.3, -0.25) is 52.8 Å². The summed E-state index contributed by atoms with van der Waals surface area (Å²) in [5, 5.41) is 38.8. The highest BCUT2D eigenvalue weighted by atomic mass is 19.1. The third-order valence-electron chi connectivity index (χ3n) is 15.1. The molecule has 2 aromatic heterocycles. The first kappa shape index (κ1) is 59.1. The molecule has 5 atom stereocenters. The van der Waals surface area contributed by atoms with Crippen LogP contribution in [0.5, 0.6) is 0 Å². The number of aromatic nitrogens is 2. The topological polar surface area (TPSA) is 352 Å². The van der Waals surface area contributed by atoms with E-state index in [1.165, 1.54) is 10.6 Å². The summed E-state index contributed by atoms with van der Waals surface area (Å²) in [4.78, 5) is 149. The number of imide groups is 1. The predicted molar refractivity (Wildman–Crippen MR) is 293 cm³/mol. The lowest BCUT2D eigenvalue weighted by Gasteiger charge is -2.31. The van der Waals surface area contributed by atoms with Gasteiger partial charge in [0.15, 0.2) is 5.60 Å². The average Bonchev–Trinajstić information content (AvgIpc) is 2.61. The van der Waals surface area contributed by atoms with Gasteiger partial charge in [-0.25, -0.2) is 14.2 Å². The van der Waals surface area contributed by atoms with E-state index in [9.17, 15) is 57.8 Å². The molecule has 5 aromatic rings. The minimum Gasteiger partial charge on any atom is -0.480 e. The number of hydrogen-bond donors (Lipinski definition) is 9. The van der Waals surface area contributed by atoms with E-state index in [2.05, 4.69) is 37.2 Å². The number of rotatable bonds is 24. The zero-order valence-corrected chi connectivity index (χ0v) is 45.5. The third-order valence-corrected chi connectivity index (χ3v) is 15.1. The fourth-order valence-corrected chi connectivity index (χ4v) is 10.8. The molecular weight excluding hydrogens is 1100 g/mol.